The Kier molecular flexibility index (Phi) is 4.03. The molecule has 3 nitrogen and oxygen atoms in total. The zero-order valence-electron chi connectivity index (χ0n) is 11.2. The second-order valence-corrected chi connectivity index (χ2v) is 6.36. The van der Waals surface area contributed by atoms with Crippen LogP contribution in [0.5, 0.6) is 0 Å². The molecule has 1 aliphatic rings. The van der Waals surface area contributed by atoms with Gasteiger partial charge in [-0.1, -0.05) is 24.4 Å². The Morgan fingerprint density at radius 1 is 1.20 bits per heavy atom. The van der Waals surface area contributed by atoms with Gasteiger partial charge in [0.25, 0.3) is 0 Å². The zero-order chi connectivity index (χ0) is 14.1. The highest BCUT2D eigenvalue weighted by atomic mass is 79.9. The van der Waals surface area contributed by atoms with Gasteiger partial charge in [0.2, 0.25) is 0 Å². The van der Waals surface area contributed by atoms with Gasteiger partial charge in [-0.05, 0) is 47.8 Å². The quantitative estimate of drug-likeness (QED) is 0.720. The van der Waals surface area contributed by atoms with Gasteiger partial charge < -0.3 is 0 Å². The maximum atomic E-state index is 6.26. The van der Waals surface area contributed by atoms with Crippen LogP contribution >= 0.6 is 27.5 Å². The van der Waals surface area contributed by atoms with Gasteiger partial charge in [-0.25, -0.2) is 9.97 Å². The van der Waals surface area contributed by atoms with Crippen molar-refractivity contribution >= 4 is 27.5 Å². The van der Waals surface area contributed by atoms with Crippen LogP contribution in [0.2, 0.25) is 5.15 Å². The van der Waals surface area contributed by atoms with E-state index in [1.54, 1.807) is 6.20 Å². The molecule has 0 aliphatic heterocycles. The third-order valence-corrected chi connectivity index (χ3v) is 5.03. The summed E-state index contributed by atoms with van der Waals surface area (Å²) in [6, 6.07) is 3.95. The molecule has 1 aliphatic carbocycles. The predicted molar refractivity (Wildman–Crippen MR) is 83.9 cm³/mol. The van der Waals surface area contributed by atoms with E-state index in [0.717, 1.165) is 21.4 Å². The molecular weight excluding hydrogens is 338 g/mol. The van der Waals surface area contributed by atoms with Crippen molar-refractivity contribution in [2.45, 2.75) is 38.5 Å². The molecule has 2 heterocycles. The number of hydrogen-bond donors (Lipinski definition) is 0. The van der Waals surface area contributed by atoms with Crippen molar-refractivity contribution in [3.05, 3.63) is 39.3 Å². The Morgan fingerprint density at radius 2 is 1.95 bits per heavy atom. The van der Waals surface area contributed by atoms with Gasteiger partial charge in [-0.3, -0.25) is 4.98 Å². The topological polar surface area (TPSA) is 38.7 Å². The van der Waals surface area contributed by atoms with E-state index in [4.69, 9.17) is 16.6 Å². The summed E-state index contributed by atoms with van der Waals surface area (Å²) in [6.07, 6.45) is 6.68. The molecule has 0 amide bonds. The minimum atomic E-state index is 0.484. The summed E-state index contributed by atoms with van der Waals surface area (Å²) >= 11 is 9.80. The third kappa shape index (κ3) is 2.72. The fourth-order valence-corrected chi connectivity index (χ4v) is 3.31. The molecule has 3 rings (SSSR count). The predicted octanol–water partition coefficient (Wildman–Crippen LogP) is 4.92. The van der Waals surface area contributed by atoms with Crippen LogP contribution in [0, 0.1) is 6.92 Å². The largest absolute Gasteiger partial charge is 0.261 e. The van der Waals surface area contributed by atoms with Crippen molar-refractivity contribution in [2.75, 3.05) is 0 Å². The molecule has 0 saturated heterocycles. The zero-order valence-corrected chi connectivity index (χ0v) is 13.6. The number of pyridine rings is 1. The number of halogens is 2. The molecule has 0 unspecified atom stereocenters. The van der Waals surface area contributed by atoms with Crippen LogP contribution in [0.4, 0.5) is 0 Å². The molecule has 0 atom stereocenters. The lowest BCUT2D eigenvalue weighted by molar-refractivity contribution is 0.690. The van der Waals surface area contributed by atoms with Gasteiger partial charge in [0.1, 0.15) is 5.15 Å². The summed E-state index contributed by atoms with van der Waals surface area (Å²) < 4.78 is 0.842. The van der Waals surface area contributed by atoms with E-state index in [0.29, 0.717) is 16.9 Å². The molecule has 0 bridgehead atoms. The molecule has 0 spiro atoms. The van der Waals surface area contributed by atoms with E-state index in [1.807, 2.05) is 19.1 Å². The van der Waals surface area contributed by atoms with Gasteiger partial charge in [0.05, 0.1) is 10.2 Å². The fourth-order valence-electron chi connectivity index (χ4n) is 2.63. The molecule has 0 N–H and O–H groups in total. The monoisotopic (exact) mass is 351 g/mol. The van der Waals surface area contributed by atoms with Gasteiger partial charge in [-0.2, -0.15) is 0 Å². The SMILES string of the molecule is Cc1ccc(-c2nc(Cl)c(Br)c(C3CCCC3)n2)cn1. The fraction of sp³-hybridized carbons (Fsp3) is 0.400. The van der Waals surface area contributed by atoms with E-state index < -0.39 is 0 Å². The second kappa shape index (κ2) is 5.78. The summed E-state index contributed by atoms with van der Waals surface area (Å²) in [5.41, 5.74) is 2.93. The molecular formula is C15H15BrClN3. The van der Waals surface area contributed by atoms with Crippen molar-refractivity contribution in [2.24, 2.45) is 0 Å². The third-order valence-electron chi connectivity index (χ3n) is 3.75. The van der Waals surface area contributed by atoms with Crippen LogP contribution in [0.1, 0.15) is 43.0 Å². The Hall–Kier alpha value is -1.00. The van der Waals surface area contributed by atoms with Gasteiger partial charge in [-0.15, -0.1) is 0 Å². The van der Waals surface area contributed by atoms with Crippen molar-refractivity contribution in [3.8, 4) is 11.4 Å². The lowest BCUT2D eigenvalue weighted by Crippen LogP contribution is -2.03. The van der Waals surface area contributed by atoms with Crippen molar-refractivity contribution in [1.29, 1.82) is 0 Å². The molecule has 0 aromatic carbocycles. The number of rotatable bonds is 2. The number of hydrogen-bond acceptors (Lipinski definition) is 3. The van der Waals surface area contributed by atoms with Crippen LogP contribution in [0.3, 0.4) is 0 Å². The highest BCUT2D eigenvalue weighted by Gasteiger charge is 2.23. The van der Waals surface area contributed by atoms with Crippen LogP contribution in [0.25, 0.3) is 11.4 Å². The van der Waals surface area contributed by atoms with Crippen LogP contribution in [-0.4, -0.2) is 15.0 Å². The van der Waals surface area contributed by atoms with E-state index >= 15 is 0 Å². The van der Waals surface area contributed by atoms with Crippen molar-refractivity contribution in [3.63, 3.8) is 0 Å². The first kappa shape index (κ1) is 14.0. The van der Waals surface area contributed by atoms with Crippen LogP contribution in [-0.2, 0) is 0 Å². The van der Waals surface area contributed by atoms with Gasteiger partial charge in [0.15, 0.2) is 5.82 Å². The summed E-state index contributed by atoms with van der Waals surface area (Å²) in [6.45, 7) is 1.96. The lowest BCUT2D eigenvalue weighted by Gasteiger charge is -2.13. The number of nitrogens with zero attached hydrogens (tertiary/aromatic N) is 3. The first-order valence-corrected chi connectivity index (χ1v) is 7.98. The molecule has 104 valence electrons. The van der Waals surface area contributed by atoms with E-state index in [1.165, 1.54) is 25.7 Å². The normalized spacial score (nSPS) is 15.8. The van der Waals surface area contributed by atoms with Gasteiger partial charge in [0, 0.05) is 23.4 Å². The molecule has 20 heavy (non-hydrogen) atoms. The lowest BCUT2D eigenvalue weighted by atomic mass is 10.0. The standard InChI is InChI=1S/C15H15BrClN3/c1-9-6-7-11(8-18-9)15-19-13(10-4-2-3-5-10)12(16)14(17)20-15/h6-8,10H,2-5H2,1H3. The minimum Gasteiger partial charge on any atom is -0.261 e. The van der Waals surface area contributed by atoms with Gasteiger partial charge >= 0.3 is 0 Å². The molecule has 1 saturated carbocycles. The van der Waals surface area contributed by atoms with E-state index in [2.05, 4.69) is 25.9 Å². The Bertz CT molecular complexity index is 622. The summed E-state index contributed by atoms with van der Waals surface area (Å²) in [5, 5.41) is 0.484. The first-order chi connectivity index (χ1) is 9.65. The molecule has 2 aromatic rings. The maximum Gasteiger partial charge on any atom is 0.162 e. The molecule has 5 heteroatoms. The molecule has 1 fully saturated rings. The Morgan fingerprint density at radius 3 is 2.60 bits per heavy atom. The summed E-state index contributed by atoms with van der Waals surface area (Å²) in [4.78, 5) is 13.4. The molecule has 0 radical (unpaired) electrons. The summed E-state index contributed by atoms with van der Waals surface area (Å²) in [5.74, 6) is 1.15. The highest BCUT2D eigenvalue weighted by Crippen LogP contribution is 2.39. The highest BCUT2D eigenvalue weighted by molar-refractivity contribution is 9.10. The minimum absolute atomic E-state index is 0.484. The molecule has 2 aromatic heterocycles. The van der Waals surface area contributed by atoms with Crippen LogP contribution < -0.4 is 0 Å². The number of aryl methyl sites for hydroxylation is 1. The van der Waals surface area contributed by atoms with E-state index in [-0.39, 0.29) is 0 Å². The smallest absolute Gasteiger partial charge is 0.162 e. The van der Waals surface area contributed by atoms with Crippen molar-refractivity contribution in [1.82, 2.24) is 15.0 Å². The van der Waals surface area contributed by atoms with Crippen molar-refractivity contribution < 1.29 is 0 Å². The van der Waals surface area contributed by atoms with E-state index in [9.17, 15) is 0 Å². The Labute approximate surface area is 132 Å². The second-order valence-electron chi connectivity index (χ2n) is 5.21. The van der Waals surface area contributed by atoms with Crippen LogP contribution in [0.15, 0.2) is 22.8 Å². The Balaban J connectivity index is 2.05. The maximum absolute atomic E-state index is 6.26. The average molecular weight is 353 g/mol. The first-order valence-electron chi connectivity index (χ1n) is 6.81. The number of aromatic nitrogens is 3. The average Bonchev–Trinajstić information content (AvgIpc) is 2.96. The summed E-state index contributed by atoms with van der Waals surface area (Å²) in [7, 11) is 0.